The third-order valence-electron chi connectivity index (χ3n) is 3.05. The summed E-state index contributed by atoms with van der Waals surface area (Å²) in [5, 5.41) is 8.94. The Kier molecular flexibility index (Phi) is 4.37. The van der Waals surface area contributed by atoms with Crippen molar-refractivity contribution in [1.29, 1.82) is 0 Å². The van der Waals surface area contributed by atoms with Crippen LogP contribution in [0.2, 0.25) is 0 Å². The molecule has 98 valence electrons. The second-order valence-electron chi connectivity index (χ2n) is 4.52. The smallest absolute Gasteiger partial charge is 0.334 e. The summed E-state index contributed by atoms with van der Waals surface area (Å²) in [6.45, 7) is 4.52. The molecular formula is C13H16BrNO3. The van der Waals surface area contributed by atoms with E-state index in [-0.39, 0.29) is 0 Å². The lowest BCUT2D eigenvalue weighted by Crippen LogP contribution is -2.45. The number of hydrogen-bond acceptors (Lipinski definition) is 3. The third kappa shape index (κ3) is 3.31. The van der Waals surface area contributed by atoms with Crippen LogP contribution in [0.5, 0.6) is 0 Å². The Labute approximate surface area is 115 Å². The zero-order valence-corrected chi connectivity index (χ0v) is 11.8. The Bertz CT molecular complexity index is 450. The van der Waals surface area contributed by atoms with Gasteiger partial charge in [0.25, 0.3) is 0 Å². The fourth-order valence-electron chi connectivity index (χ4n) is 2.06. The molecule has 1 atom stereocenters. The standard InChI is InChI=1S/C13H16BrNO3/c1-9-6-10(2-3-11(9)14)7-15-4-5-18-12(8-15)13(16)17/h2-3,6,12H,4-5,7-8H2,1H3,(H,16,17). The van der Waals surface area contributed by atoms with Crippen LogP contribution in [0.15, 0.2) is 22.7 Å². The van der Waals surface area contributed by atoms with Gasteiger partial charge in [0.2, 0.25) is 0 Å². The molecule has 1 heterocycles. The molecule has 1 aromatic carbocycles. The van der Waals surface area contributed by atoms with Gasteiger partial charge in [0.1, 0.15) is 0 Å². The Morgan fingerprint density at radius 2 is 2.39 bits per heavy atom. The highest BCUT2D eigenvalue weighted by Gasteiger charge is 2.25. The molecule has 0 amide bonds. The molecule has 1 N–H and O–H groups in total. The second-order valence-corrected chi connectivity index (χ2v) is 5.37. The SMILES string of the molecule is Cc1cc(CN2CCOC(C(=O)O)C2)ccc1Br. The second kappa shape index (κ2) is 5.82. The molecule has 1 aliphatic heterocycles. The van der Waals surface area contributed by atoms with Crippen LogP contribution < -0.4 is 0 Å². The van der Waals surface area contributed by atoms with Gasteiger partial charge in [-0.15, -0.1) is 0 Å². The van der Waals surface area contributed by atoms with Gasteiger partial charge in [0.05, 0.1) is 6.61 Å². The first-order valence-electron chi connectivity index (χ1n) is 5.88. The number of morpholine rings is 1. The van der Waals surface area contributed by atoms with Crippen molar-refractivity contribution < 1.29 is 14.6 Å². The van der Waals surface area contributed by atoms with Gasteiger partial charge >= 0.3 is 5.97 Å². The molecule has 18 heavy (non-hydrogen) atoms. The number of benzene rings is 1. The number of carbonyl (C=O) groups is 1. The van der Waals surface area contributed by atoms with Crippen molar-refractivity contribution in [3.8, 4) is 0 Å². The Morgan fingerprint density at radius 3 is 3.06 bits per heavy atom. The molecule has 4 nitrogen and oxygen atoms in total. The summed E-state index contributed by atoms with van der Waals surface area (Å²) >= 11 is 3.47. The van der Waals surface area contributed by atoms with E-state index in [1.54, 1.807) is 0 Å². The van der Waals surface area contributed by atoms with Crippen molar-refractivity contribution in [2.45, 2.75) is 19.6 Å². The summed E-state index contributed by atoms with van der Waals surface area (Å²) in [6.07, 6.45) is -0.699. The molecule has 0 radical (unpaired) electrons. The Balaban J connectivity index is 2.00. The van der Waals surface area contributed by atoms with Crippen LogP contribution in [-0.4, -0.2) is 41.8 Å². The molecule has 1 aliphatic rings. The van der Waals surface area contributed by atoms with Gasteiger partial charge in [-0.25, -0.2) is 4.79 Å². The van der Waals surface area contributed by atoms with Crippen molar-refractivity contribution in [2.24, 2.45) is 0 Å². The maximum atomic E-state index is 10.9. The molecule has 0 bridgehead atoms. The van der Waals surface area contributed by atoms with E-state index >= 15 is 0 Å². The number of halogens is 1. The molecule has 0 spiro atoms. The van der Waals surface area contributed by atoms with Gasteiger partial charge in [0.15, 0.2) is 6.10 Å². The molecule has 1 aromatic rings. The van der Waals surface area contributed by atoms with Gasteiger partial charge in [-0.1, -0.05) is 28.1 Å². The van der Waals surface area contributed by atoms with Crippen LogP contribution in [0.4, 0.5) is 0 Å². The van der Waals surface area contributed by atoms with E-state index in [1.807, 2.05) is 13.0 Å². The first-order valence-corrected chi connectivity index (χ1v) is 6.67. The molecule has 0 aliphatic carbocycles. The number of carboxylic acids is 1. The number of ether oxygens (including phenoxy) is 1. The molecule has 5 heteroatoms. The fourth-order valence-corrected chi connectivity index (χ4v) is 2.31. The van der Waals surface area contributed by atoms with Gasteiger partial charge in [0, 0.05) is 24.1 Å². The maximum absolute atomic E-state index is 10.9. The van der Waals surface area contributed by atoms with E-state index in [9.17, 15) is 4.79 Å². The van der Waals surface area contributed by atoms with Gasteiger partial charge < -0.3 is 9.84 Å². The van der Waals surface area contributed by atoms with E-state index < -0.39 is 12.1 Å². The van der Waals surface area contributed by atoms with Crippen LogP contribution in [0.25, 0.3) is 0 Å². The summed E-state index contributed by atoms with van der Waals surface area (Å²) in [7, 11) is 0. The van der Waals surface area contributed by atoms with Crippen LogP contribution >= 0.6 is 15.9 Å². The maximum Gasteiger partial charge on any atom is 0.334 e. The minimum atomic E-state index is -0.883. The number of hydrogen-bond donors (Lipinski definition) is 1. The molecule has 0 saturated carbocycles. The number of aliphatic carboxylic acids is 1. The predicted octanol–water partition coefficient (Wildman–Crippen LogP) is 2.04. The van der Waals surface area contributed by atoms with E-state index in [0.717, 1.165) is 17.6 Å². The lowest BCUT2D eigenvalue weighted by atomic mass is 10.1. The summed E-state index contributed by atoms with van der Waals surface area (Å²) in [6, 6.07) is 6.21. The van der Waals surface area contributed by atoms with Gasteiger partial charge in [-0.2, -0.15) is 0 Å². The lowest BCUT2D eigenvalue weighted by Gasteiger charge is -2.30. The first kappa shape index (κ1) is 13.5. The topological polar surface area (TPSA) is 49.8 Å². The number of aryl methyl sites for hydroxylation is 1. The minimum Gasteiger partial charge on any atom is -0.479 e. The Hall–Kier alpha value is -0.910. The average molecular weight is 314 g/mol. The lowest BCUT2D eigenvalue weighted by molar-refractivity contribution is -0.156. The normalized spacial score (nSPS) is 20.9. The zero-order chi connectivity index (χ0) is 13.1. The molecule has 2 rings (SSSR count). The fraction of sp³-hybridized carbons (Fsp3) is 0.462. The van der Waals surface area contributed by atoms with Crippen molar-refractivity contribution >= 4 is 21.9 Å². The monoisotopic (exact) mass is 313 g/mol. The van der Waals surface area contributed by atoms with E-state index in [0.29, 0.717) is 13.2 Å². The number of nitrogens with zero attached hydrogens (tertiary/aromatic N) is 1. The highest BCUT2D eigenvalue weighted by atomic mass is 79.9. The molecule has 1 fully saturated rings. The average Bonchev–Trinajstić information content (AvgIpc) is 2.34. The highest BCUT2D eigenvalue weighted by molar-refractivity contribution is 9.10. The number of carboxylic acid groups (broad SMARTS) is 1. The first-order chi connectivity index (χ1) is 8.56. The van der Waals surface area contributed by atoms with Crippen LogP contribution in [0.1, 0.15) is 11.1 Å². The number of rotatable bonds is 3. The van der Waals surface area contributed by atoms with Crippen LogP contribution in [0.3, 0.4) is 0 Å². The predicted molar refractivity (Wildman–Crippen MR) is 71.5 cm³/mol. The summed E-state index contributed by atoms with van der Waals surface area (Å²) in [5.41, 5.74) is 2.39. The molecule has 1 saturated heterocycles. The summed E-state index contributed by atoms with van der Waals surface area (Å²) in [4.78, 5) is 13.0. The van der Waals surface area contributed by atoms with E-state index in [1.165, 1.54) is 11.1 Å². The van der Waals surface area contributed by atoms with Crippen molar-refractivity contribution in [3.63, 3.8) is 0 Å². The van der Waals surface area contributed by atoms with Crippen LogP contribution in [-0.2, 0) is 16.1 Å². The molecular weight excluding hydrogens is 298 g/mol. The van der Waals surface area contributed by atoms with Crippen molar-refractivity contribution in [3.05, 3.63) is 33.8 Å². The van der Waals surface area contributed by atoms with Crippen molar-refractivity contribution in [2.75, 3.05) is 19.7 Å². The van der Waals surface area contributed by atoms with Gasteiger partial charge in [-0.05, 0) is 24.1 Å². The van der Waals surface area contributed by atoms with E-state index in [4.69, 9.17) is 9.84 Å². The van der Waals surface area contributed by atoms with Crippen molar-refractivity contribution in [1.82, 2.24) is 4.90 Å². The third-order valence-corrected chi connectivity index (χ3v) is 3.94. The van der Waals surface area contributed by atoms with E-state index in [2.05, 4.69) is 33.0 Å². The zero-order valence-electron chi connectivity index (χ0n) is 10.2. The largest absolute Gasteiger partial charge is 0.479 e. The molecule has 0 aromatic heterocycles. The molecule has 1 unspecified atom stereocenters. The van der Waals surface area contributed by atoms with Crippen LogP contribution in [0, 0.1) is 6.92 Å². The quantitative estimate of drug-likeness (QED) is 0.928. The Morgan fingerprint density at radius 1 is 1.61 bits per heavy atom. The minimum absolute atomic E-state index is 0.449. The summed E-state index contributed by atoms with van der Waals surface area (Å²) < 4.78 is 6.30. The summed E-state index contributed by atoms with van der Waals surface area (Å²) in [5.74, 6) is -0.883. The highest BCUT2D eigenvalue weighted by Crippen LogP contribution is 2.19. The van der Waals surface area contributed by atoms with Gasteiger partial charge in [-0.3, -0.25) is 4.90 Å².